The molecule has 1 amide bonds. The SMILES string of the molecule is CCCNCc1ccc(NC(=O)COC(C)(C)C)cc1. The molecule has 4 nitrogen and oxygen atoms in total. The molecule has 0 aliphatic rings. The van der Waals surface area contributed by atoms with Crippen LogP contribution in [0.2, 0.25) is 0 Å². The van der Waals surface area contributed by atoms with Gasteiger partial charge < -0.3 is 15.4 Å². The first kappa shape index (κ1) is 16.7. The average molecular weight is 278 g/mol. The van der Waals surface area contributed by atoms with E-state index in [0.29, 0.717) is 0 Å². The predicted octanol–water partition coefficient (Wildman–Crippen LogP) is 2.94. The lowest BCUT2D eigenvalue weighted by atomic mass is 10.2. The van der Waals surface area contributed by atoms with Crippen LogP contribution in [-0.4, -0.2) is 24.7 Å². The summed E-state index contributed by atoms with van der Waals surface area (Å²) < 4.78 is 5.43. The maximum absolute atomic E-state index is 11.7. The van der Waals surface area contributed by atoms with E-state index in [1.165, 1.54) is 5.56 Å². The van der Waals surface area contributed by atoms with Crippen molar-refractivity contribution in [3.05, 3.63) is 29.8 Å². The number of ether oxygens (including phenoxy) is 1. The standard InChI is InChI=1S/C16H26N2O2/c1-5-10-17-11-13-6-8-14(9-7-13)18-15(19)12-20-16(2,3)4/h6-9,17H,5,10-12H2,1-4H3,(H,18,19). The number of benzene rings is 1. The highest BCUT2D eigenvalue weighted by Gasteiger charge is 2.12. The van der Waals surface area contributed by atoms with Crippen LogP contribution in [0.15, 0.2) is 24.3 Å². The van der Waals surface area contributed by atoms with Gasteiger partial charge in [0.25, 0.3) is 0 Å². The Hall–Kier alpha value is -1.39. The molecule has 4 heteroatoms. The Morgan fingerprint density at radius 2 is 1.85 bits per heavy atom. The monoisotopic (exact) mass is 278 g/mol. The number of carbonyl (C=O) groups excluding carboxylic acids is 1. The smallest absolute Gasteiger partial charge is 0.250 e. The summed E-state index contributed by atoms with van der Waals surface area (Å²) in [7, 11) is 0. The highest BCUT2D eigenvalue weighted by molar-refractivity contribution is 5.91. The average Bonchev–Trinajstić information content (AvgIpc) is 2.38. The van der Waals surface area contributed by atoms with Crippen LogP contribution < -0.4 is 10.6 Å². The predicted molar refractivity (Wildman–Crippen MR) is 82.8 cm³/mol. The van der Waals surface area contributed by atoms with E-state index in [2.05, 4.69) is 17.6 Å². The summed E-state index contributed by atoms with van der Waals surface area (Å²) in [5, 5.41) is 6.17. The number of amides is 1. The van der Waals surface area contributed by atoms with Gasteiger partial charge in [0.2, 0.25) is 5.91 Å². The van der Waals surface area contributed by atoms with Crippen LogP contribution in [0.25, 0.3) is 0 Å². The Morgan fingerprint density at radius 1 is 1.20 bits per heavy atom. The summed E-state index contributed by atoms with van der Waals surface area (Å²) in [6.07, 6.45) is 1.13. The van der Waals surface area contributed by atoms with Crippen molar-refractivity contribution in [2.24, 2.45) is 0 Å². The second-order valence-corrected chi connectivity index (χ2v) is 5.82. The molecule has 0 heterocycles. The molecular weight excluding hydrogens is 252 g/mol. The number of carbonyl (C=O) groups is 1. The van der Waals surface area contributed by atoms with Crippen LogP contribution in [0, 0.1) is 0 Å². The van der Waals surface area contributed by atoms with Crippen LogP contribution in [0.5, 0.6) is 0 Å². The van der Waals surface area contributed by atoms with E-state index < -0.39 is 0 Å². The van der Waals surface area contributed by atoms with Crippen LogP contribution in [-0.2, 0) is 16.1 Å². The van der Waals surface area contributed by atoms with Gasteiger partial charge in [0.1, 0.15) is 6.61 Å². The van der Waals surface area contributed by atoms with Gasteiger partial charge >= 0.3 is 0 Å². The van der Waals surface area contributed by atoms with Gasteiger partial charge in [0.15, 0.2) is 0 Å². The lowest BCUT2D eigenvalue weighted by Crippen LogP contribution is -2.27. The summed E-state index contributed by atoms with van der Waals surface area (Å²) in [6, 6.07) is 7.86. The number of rotatable bonds is 7. The van der Waals surface area contributed by atoms with E-state index in [9.17, 15) is 4.79 Å². The highest BCUT2D eigenvalue weighted by Crippen LogP contribution is 2.10. The second-order valence-electron chi connectivity index (χ2n) is 5.82. The van der Waals surface area contributed by atoms with Gasteiger partial charge in [-0.2, -0.15) is 0 Å². The van der Waals surface area contributed by atoms with Gasteiger partial charge in [-0.25, -0.2) is 0 Å². The third-order valence-corrected chi connectivity index (χ3v) is 2.63. The Kier molecular flexibility index (Phi) is 6.68. The van der Waals surface area contributed by atoms with Crippen molar-refractivity contribution in [1.82, 2.24) is 5.32 Å². The van der Waals surface area contributed by atoms with E-state index in [1.54, 1.807) is 0 Å². The summed E-state index contributed by atoms with van der Waals surface area (Å²) in [5.41, 5.74) is 1.71. The molecule has 0 fully saturated rings. The zero-order chi connectivity index (χ0) is 15.0. The van der Waals surface area contributed by atoms with Gasteiger partial charge in [-0.15, -0.1) is 0 Å². The third kappa shape index (κ3) is 7.26. The number of hydrogen-bond donors (Lipinski definition) is 2. The third-order valence-electron chi connectivity index (χ3n) is 2.63. The quantitative estimate of drug-likeness (QED) is 0.754. The Labute approximate surface area is 121 Å². The molecule has 0 unspecified atom stereocenters. The lowest BCUT2D eigenvalue weighted by Gasteiger charge is -2.19. The van der Waals surface area contributed by atoms with Crippen LogP contribution in [0.4, 0.5) is 5.69 Å². The molecule has 2 N–H and O–H groups in total. The molecule has 0 aliphatic heterocycles. The van der Waals surface area contributed by atoms with Crippen molar-refractivity contribution in [2.45, 2.75) is 46.3 Å². The van der Waals surface area contributed by atoms with E-state index >= 15 is 0 Å². The van der Waals surface area contributed by atoms with Gasteiger partial charge in [0.05, 0.1) is 5.60 Å². The van der Waals surface area contributed by atoms with Crippen LogP contribution in [0.3, 0.4) is 0 Å². The minimum atomic E-state index is -0.299. The van der Waals surface area contributed by atoms with Crippen LogP contribution in [0.1, 0.15) is 39.7 Å². The fraction of sp³-hybridized carbons (Fsp3) is 0.562. The van der Waals surface area contributed by atoms with E-state index in [0.717, 1.165) is 25.2 Å². The minimum Gasteiger partial charge on any atom is -0.366 e. The van der Waals surface area contributed by atoms with Crippen molar-refractivity contribution >= 4 is 11.6 Å². The largest absolute Gasteiger partial charge is 0.366 e. The fourth-order valence-electron chi connectivity index (χ4n) is 1.59. The molecule has 1 rings (SSSR count). The van der Waals surface area contributed by atoms with Gasteiger partial charge in [-0.05, 0) is 51.4 Å². The molecule has 1 aromatic rings. The fourth-order valence-corrected chi connectivity index (χ4v) is 1.59. The Morgan fingerprint density at radius 3 is 2.40 bits per heavy atom. The maximum atomic E-state index is 11.7. The Bertz CT molecular complexity index is 407. The first-order valence-electron chi connectivity index (χ1n) is 7.14. The Balaban J connectivity index is 2.39. The zero-order valence-electron chi connectivity index (χ0n) is 13.0. The molecule has 0 bridgehead atoms. The number of anilines is 1. The second kappa shape index (κ2) is 8.02. The highest BCUT2D eigenvalue weighted by atomic mass is 16.5. The molecule has 0 aliphatic carbocycles. The van der Waals surface area contributed by atoms with Crippen LogP contribution >= 0.6 is 0 Å². The molecule has 0 saturated carbocycles. The summed E-state index contributed by atoms with van der Waals surface area (Å²) in [4.78, 5) is 11.7. The van der Waals surface area contributed by atoms with Gasteiger partial charge in [0, 0.05) is 12.2 Å². The first-order chi connectivity index (χ1) is 9.40. The number of hydrogen-bond acceptors (Lipinski definition) is 3. The summed E-state index contributed by atoms with van der Waals surface area (Å²) in [6.45, 7) is 9.88. The molecule has 112 valence electrons. The zero-order valence-corrected chi connectivity index (χ0v) is 13.0. The minimum absolute atomic E-state index is 0.0727. The normalized spacial score (nSPS) is 11.4. The molecular formula is C16H26N2O2. The van der Waals surface area contributed by atoms with Crippen molar-refractivity contribution in [2.75, 3.05) is 18.5 Å². The van der Waals surface area contributed by atoms with Crippen molar-refractivity contribution in [3.8, 4) is 0 Å². The molecule has 20 heavy (non-hydrogen) atoms. The van der Waals surface area contributed by atoms with Crippen molar-refractivity contribution in [1.29, 1.82) is 0 Å². The molecule has 0 atom stereocenters. The van der Waals surface area contributed by atoms with E-state index in [4.69, 9.17) is 4.74 Å². The molecule has 0 spiro atoms. The van der Waals surface area contributed by atoms with Crippen molar-refractivity contribution < 1.29 is 9.53 Å². The summed E-state index contributed by atoms with van der Waals surface area (Å²) in [5.74, 6) is -0.128. The first-order valence-corrected chi connectivity index (χ1v) is 7.14. The van der Waals surface area contributed by atoms with Gasteiger partial charge in [-0.3, -0.25) is 4.79 Å². The van der Waals surface area contributed by atoms with E-state index in [1.807, 2.05) is 45.0 Å². The molecule has 0 saturated heterocycles. The topological polar surface area (TPSA) is 50.4 Å². The maximum Gasteiger partial charge on any atom is 0.250 e. The molecule has 0 aromatic heterocycles. The van der Waals surface area contributed by atoms with E-state index in [-0.39, 0.29) is 18.1 Å². The van der Waals surface area contributed by atoms with Gasteiger partial charge in [-0.1, -0.05) is 19.1 Å². The number of nitrogens with one attached hydrogen (secondary N) is 2. The lowest BCUT2D eigenvalue weighted by molar-refractivity contribution is -0.125. The summed E-state index contributed by atoms with van der Waals surface area (Å²) >= 11 is 0. The molecule has 0 radical (unpaired) electrons. The molecule has 1 aromatic carbocycles. The van der Waals surface area contributed by atoms with Crippen molar-refractivity contribution in [3.63, 3.8) is 0 Å².